The van der Waals surface area contributed by atoms with Crippen LogP contribution in [0.4, 0.5) is 0 Å². The first-order chi connectivity index (χ1) is 7.58. The van der Waals surface area contributed by atoms with Crippen molar-refractivity contribution in [2.75, 3.05) is 6.61 Å². The van der Waals surface area contributed by atoms with Crippen molar-refractivity contribution in [3.63, 3.8) is 0 Å². The highest BCUT2D eigenvalue weighted by Crippen LogP contribution is 2.55. The summed E-state index contributed by atoms with van der Waals surface area (Å²) in [5.74, 6) is -1.42. The fourth-order valence-corrected chi connectivity index (χ4v) is 3.01. The molecule has 3 rings (SSSR count). The van der Waals surface area contributed by atoms with Gasteiger partial charge in [0.05, 0.1) is 12.5 Å². The number of carbonyl (C=O) groups excluding carboxylic acids is 1. The summed E-state index contributed by atoms with van der Waals surface area (Å²) in [5.41, 5.74) is -1.84. The van der Waals surface area contributed by atoms with E-state index in [-0.39, 0.29) is 19.1 Å². The van der Waals surface area contributed by atoms with Crippen LogP contribution in [0.1, 0.15) is 19.3 Å². The molecule has 2 bridgehead atoms. The number of carboxylic acids is 1. The smallest absolute Gasteiger partial charge is 0.316 e. The Bertz CT molecular complexity index is 401. The molecule has 5 heteroatoms. The van der Waals surface area contributed by atoms with Gasteiger partial charge < -0.3 is 14.6 Å². The molecule has 2 saturated heterocycles. The SMILES string of the molecule is O=C(O)C[C@]12CC[C@@H]3C=C[C@@]1(COC2=O)O3. The first-order valence-corrected chi connectivity index (χ1v) is 5.34. The van der Waals surface area contributed by atoms with E-state index in [0.717, 1.165) is 0 Å². The standard InChI is InChI=1S/C11H12O5/c12-8(13)5-10-3-1-7-2-4-11(10,16-7)6-15-9(10)14/h2,4,7H,1,3,5-6H2,(H,12,13)/t7-,10+,11+/m1/s1. The molecule has 86 valence electrons. The van der Waals surface area contributed by atoms with Gasteiger partial charge in [-0.25, -0.2) is 0 Å². The molecule has 5 nitrogen and oxygen atoms in total. The molecule has 3 atom stereocenters. The zero-order valence-corrected chi connectivity index (χ0v) is 8.64. The number of esters is 1. The van der Waals surface area contributed by atoms with Crippen molar-refractivity contribution in [1.82, 2.24) is 0 Å². The van der Waals surface area contributed by atoms with Gasteiger partial charge in [0.1, 0.15) is 17.6 Å². The number of rotatable bonds is 2. The van der Waals surface area contributed by atoms with E-state index in [1.165, 1.54) is 0 Å². The van der Waals surface area contributed by atoms with Gasteiger partial charge in [-0.15, -0.1) is 0 Å². The lowest BCUT2D eigenvalue weighted by atomic mass is 9.68. The normalized spacial score (nSPS) is 44.2. The van der Waals surface area contributed by atoms with Crippen LogP contribution in [0, 0.1) is 5.41 Å². The number of ether oxygens (including phenoxy) is 2. The number of carboxylic acid groups (broad SMARTS) is 1. The summed E-state index contributed by atoms with van der Waals surface area (Å²) in [5, 5.41) is 8.96. The molecule has 0 aliphatic carbocycles. The first-order valence-electron chi connectivity index (χ1n) is 5.34. The monoisotopic (exact) mass is 224 g/mol. The van der Waals surface area contributed by atoms with Crippen molar-refractivity contribution in [1.29, 1.82) is 0 Å². The maximum atomic E-state index is 11.8. The number of carbonyl (C=O) groups is 2. The van der Waals surface area contributed by atoms with Crippen molar-refractivity contribution >= 4 is 11.9 Å². The predicted molar refractivity (Wildman–Crippen MR) is 51.6 cm³/mol. The third-order valence-electron chi connectivity index (χ3n) is 3.87. The van der Waals surface area contributed by atoms with E-state index in [4.69, 9.17) is 14.6 Å². The molecule has 3 aliphatic rings. The molecule has 16 heavy (non-hydrogen) atoms. The number of hydrogen-bond acceptors (Lipinski definition) is 4. The average Bonchev–Trinajstić information content (AvgIpc) is 2.72. The molecule has 0 unspecified atom stereocenters. The maximum Gasteiger partial charge on any atom is 0.316 e. The van der Waals surface area contributed by atoms with Crippen molar-refractivity contribution in [3.05, 3.63) is 12.2 Å². The van der Waals surface area contributed by atoms with Crippen molar-refractivity contribution in [2.24, 2.45) is 5.41 Å². The Labute approximate surface area is 92.0 Å². The Morgan fingerprint density at radius 3 is 3.19 bits per heavy atom. The van der Waals surface area contributed by atoms with Crippen LogP contribution in [0.15, 0.2) is 12.2 Å². The number of aliphatic carboxylic acids is 1. The molecule has 2 fully saturated rings. The van der Waals surface area contributed by atoms with E-state index in [1.54, 1.807) is 0 Å². The second-order valence-electron chi connectivity index (χ2n) is 4.67. The van der Waals surface area contributed by atoms with E-state index in [9.17, 15) is 9.59 Å². The second-order valence-corrected chi connectivity index (χ2v) is 4.67. The number of fused-ring (bicyclic) bond motifs is 1. The van der Waals surface area contributed by atoms with E-state index in [2.05, 4.69) is 0 Å². The number of hydrogen-bond donors (Lipinski definition) is 1. The molecular formula is C11H12O5. The minimum atomic E-state index is -1.01. The highest BCUT2D eigenvalue weighted by molar-refractivity contribution is 5.87. The van der Waals surface area contributed by atoms with Gasteiger partial charge in [-0.3, -0.25) is 9.59 Å². The van der Waals surface area contributed by atoms with Gasteiger partial charge in [-0.2, -0.15) is 0 Å². The number of cyclic esters (lactones) is 1. The van der Waals surface area contributed by atoms with Gasteiger partial charge in [0.2, 0.25) is 0 Å². The lowest BCUT2D eigenvalue weighted by molar-refractivity contribution is -0.167. The zero-order valence-electron chi connectivity index (χ0n) is 8.64. The summed E-state index contributed by atoms with van der Waals surface area (Å²) in [6.07, 6.45) is 4.72. The predicted octanol–water partition coefficient (Wildman–Crippen LogP) is 0.492. The molecular weight excluding hydrogens is 212 g/mol. The van der Waals surface area contributed by atoms with Crippen LogP contribution in [0.2, 0.25) is 0 Å². The summed E-state index contributed by atoms with van der Waals surface area (Å²) < 4.78 is 10.8. The average molecular weight is 224 g/mol. The largest absolute Gasteiger partial charge is 0.481 e. The molecule has 0 aromatic carbocycles. The molecule has 0 amide bonds. The van der Waals surface area contributed by atoms with E-state index in [0.29, 0.717) is 12.8 Å². The third-order valence-corrected chi connectivity index (χ3v) is 3.87. The fourth-order valence-electron chi connectivity index (χ4n) is 3.01. The van der Waals surface area contributed by atoms with Gasteiger partial charge in [0.15, 0.2) is 0 Å². The van der Waals surface area contributed by atoms with Crippen LogP contribution in [0.5, 0.6) is 0 Å². The Morgan fingerprint density at radius 2 is 2.44 bits per heavy atom. The van der Waals surface area contributed by atoms with Crippen molar-refractivity contribution in [2.45, 2.75) is 31.0 Å². The van der Waals surface area contributed by atoms with Crippen LogP contribution < -0.4 is 0 Å². The molecule has 0 aromatic rings. The minimum Gasteiger partial charge on any atom is -0.481 e. The van der Waals surface area contributed by atoms with Gasteiger partial charge in [0, 0.05) is 0 Å². The molecule has 1 spiro atoms. The van der Waals surface area contributed by atoms with Crippen LogP contribution in [-0.4, -0.2) is 35.4 Å². The minimum absolute atomic E-state index is 0.0106. The molecule has 0 aromatic heterocycles. The van der Waals surface area contributed by atoms with Gasteiger partial charge in [-0.1, -0.05) is 6.08 Å². The molecule has 0 radical (unpaired) electrons. The highest BCUT2D eigenvalue weighted by atomic mass is 16.6. The Balaban J connectivity index is 2.06. The maximum absolute atomic E-state index is 11.8. The summed E-state index contributed by atoms with van der Waals surface area (Å²) in [6.45, 7) is 0.145. The lowest BCUT2D eigenvalue weighted by Crippen LogP contribution is -2.53. The van der Waals surface area contributed by atoms with Crippen LogP contribution in [0.3, 0.4) is 0 Å². The quantitative estimate of drug-likeness (QED) is 0.546. The Hall–Kier alpha value is -1.36. The van der Waals surface area contributed by atoms with Gasteiger partial charge >= 0.3 is 11.9 Å². The summed E-state index contributed by atoms with van der Waals surface area (Å²) in [7, 11) is 0. The topological polar surface area (TPSA) is 72.8 Å². The summed E-state index contributed by atoms with van der Waals surface area (Å²) in [6, 6.07) is 0. The third kappa shape index (κ3) is 0.988. The summed E-state index contributed by atoms with van der Waals surface area (Å²) >= 11 is 0. The van der Waals surface area contributed by atoms with Crippen molar-refractivity contribution in [3.8, 4) is 0 Å². The van der Waals surface area contributed by atoms with E-state index in [1.807, 2.05) is 12.2 Å². The van der Waals surface area contributed by atoms with E-state index < -0.39 is 23.0 Å². The van der Waals surface area contributed by atoms with Crippen LogP contribution in [-0.2, 0) is 19.1 Å². The van der Waals surface area contributed by atoms with E-state index >= 15 is 0 Å². The summed E-state index contributed by atoms with van der Waals surface area (Å²) in [4.78, 5) is 22.8. The van der Waals surface area contributed by atoms with Crippen LogP contribution >= 0.6 is 0 Å². The zero-order chi connectivity index (χ0) is 11.4. The second kappa shape index (κ2) is 2.85. The fraction of sp³-hybridized carbons (Fsp3) is 0.636. The highest BCUT2D eigenvalue weighted by Gasteiger charge is 2.67. The van der Waals surface area contributed by atoms with Crippen molar-refractivity contribution < 1.29 is 24.2 Å². The first kappa shape index (κ1) is 9.84. The molecule has 0 saturated carbocycles. The van der Waals surface area contributed by atoms with Gasteiger partial charge in [-0.05, 0) is 18.9 Å². The Kier molecular flexibility index (Phi) is 1.75. The lowest BCUT2D eigenvalue weighted by Gasteiger charge is -2.41. The molecule has 1 N–H and O–H groups in total. The molecule has 3 aliphatic heterocycles. The van der Waals surface area contributed by atoms with Crippen LogP contribution in [0.25, 0.3) is 0 Å². The van der Waals surface area contributed by atoms with Gasteiger partial charge in [0.25, 0.3) is 0 Å². The molecule has 3 heterocycles. The Morgan fingerprint density at radius 1 is 1.62 bits per heavy atom.